The summed E-state index contributed by atoms with van der Waals surface area (Å²) in [5.41, 5.74) is 0. The summed E-state index contributed by atoms with van der Waals surface area (Å²) < 4.78 is 36.1. The minimum absolute atomic E-state index is 0.0722. The SMILES string of the molecule is O=S1(=O)CC2CC3OCOC3CC2N1. The molecule has 2 heterocycles. The fourth-order valence-electron chi connectivity index (χ4n) is 2.66. The molecule has 0 aromatic rings. The van der Waals surface area contributed by atoms with Crippen LogP contribution in [-0.4, -0.2) is 39.2 Å². The molecule has 0 bridgehead atoms. The van der Waals surface area contributed by atoms with Crippen molar-refractivity contribution >= 4 is 10.0 Å². The van der Waals surface area contributed by atoms with Crippen molar-refractivity contribution in [3.63, 3.8) is 0 Å². The van der Waals surface area contributed by atoms with E-state index in [9.17, 15) is 8.42 Å². The third-order valence-electron chi connectivity index (χ3n) is 3.33. The molecule has 2 saturated heterocycles. The minimum Gasteiger partial charge on any atom is -0.349 e. The van der Waals surface area contributed by atoms with Gasteiger partial charge in [0, 0.05) is 6.04 Å². The Morgan fingerprint density at radius 2 is 1.86 bits per heavy atom. The lowest BCUT2D eigenvalue weighted by Gasteiger charge is -2.30. The van der Waals surface area contributed by atoms with Gasteiger partial charge in [0.1, 0.15) is 6.79 Å². The minimum atomic E-state index is -3.02. The Kier molecular flexibility index (Phi) is 1.89. The first-order chi connectivity index (χ1) is 6.64. The molecule has 1 aliphatic carbocycles. The zero-order chi connectivity index (χ0) is 9.76. The number of sulfonamides is 1. The molecule has 3 rings (SSSR count). The molecule has 0 spiro atoms. The summed E-state index contributed by atoms with van der Waals surface area (Å²) in [6.07, 6.45) is 1.78. The highest BCUT2D eigenvalue weighted by atomic mass is 32.2. The summed E-state index contributed by atoms with van der Waals surface area (Å²) in [5, 5.41) is 0. The van der Waals surface area contributed by atoms with Crippen LogP contribution in [0.15, 0.2) is 0 Å². The van der Waals surface area contributed by atoms with Crippen LogP contribution in [0.2, 0.25) is 0 Å². The Bertz CT molecular complexity index is 315. The topological polar surface area (TPSA) is 64.6 Å². The molecule has 0 amide bonds. The molecule has 80 valence electrons. The van der Waals surface area contributed by atoms with E-state index in [1.807, 2.05) is 0 Å². The summed E-state index contributed by atoms with van der Waals surface area (Å²) in [7, 11) is -3.02. The molecule has 2 aliphatic heterocycles. The molecule has 14 heavy (non-hydrogen) atoms. The number of hydrogen-bond acceptors (Lipinski definition) is 4. The van der Waals surface area contributed by atoms with Crippen LogP contribution in [0.25, 0.3) is 0 Å². The van der Waals surface area contributed by atoms with Crippen molar-refractivity contribution in [2.24, 2.45) is 5.92 Å². The van der Waals surface area contributed by atoms with Crippen LogP contribution in [0.1, 0.15) is 12.8 Å². The smallest absolute Gasteiger partial charge is 0.212 e. The Morgan fingerprint density at radius 1 is 1.14 bits per heavy atom. The number of nitrogens with one attached hydrogen (secondary N) is 1. The van der Waals surface area contributed by atoms with Gasteiger partial charge in [0.15, 0.2) is 0 Å². The van der Waals surface area contributed by atoms with Crippen LogP contribution >= 0.6 is 0 Å². The third-order valence-corrected chi connectivity index (χ3v) is 4.86. The average Bonchev–Trinajstić information content (AvgIpc) is 2.59. The van der Waals surface area contributed by atoms with Gasteiger partial charge in [-0.3, -0.25) is 0 Å². The fraction of sp³-hybridized carbons (Fsp3) is 1.00. The van der Waals surface area contributed by atoms with Gasteiger partial charge in [-0.1, -0.05) is 0 Å². The van der Waals surface area contributed by atoms with Crippen molar-refractivity contribution < 1.29 is 17.9 Å². The highest BCUT2D eigenvalue weighted by Gasteiger charge is 2.47. The molecule has 1 N–H and O–H groups in total. The van der Waals surface area contributed by atoms with E-state index in [1.54, 1.807) is 0 Å². The summed E-state index contributed by atoms with van der Waals surface area (Å²) >= 11 is 0. The number of ether oxygens (including phenoxy) is 2. The summed E-state index contributed by atoms with van der Waals surface area (Å²) in [6.45, 7) is 0.363. The predicted octanol–water partition coefficient (Wildman–Crippen LogP) is -0.560. The largest absolute Gasteiger partial charge is 0.349 e. The maximum atomic E-state index is 11.3. The van der Waals surface area contributed by atoms with Gasteiger partial charge in [-0.2, -0.15) is 0 Å². The van der Waals surface area contributed by atoms with E-state index < -0.39 is 10.0 Å². The van der Waals surface area contributed by atoms with Crippen molar-refractivity contribution in [2.75, 3.05) is 12.5 Å². The van der Waals surface area contributed by atoms with Crippen molar-refractivity contribution in [1.29, 1.82) is 0 Å². The highest BCUT2D eigenvalue weighted by molar-refractivity contribution is 7.89. The maximum absolute atomic E-state index is 11.3. The van der Waals surface area contributed by atoms with Gasteiger partial charge in [0.2, 0.25) is 10.0 Å². The van der Waals surface area contributed by atoms with Crippen LogP contribution in [0.3, 0.4) is 0 Å². The summed E-state index contributed by atoms with van der Waals surface area (Å²) in [6, 6.07) is 0.0722. The van der Waals surface area contributed by atoms with Crippen molar-refractivity contribution in [3.8, 4) is 0 Å². The zero-order valence-electron chi connectivity index (χ0n) is 7.68. The van der Waals surface area contributed by atoms with E-state index in [1.165, 1.54) is 0 Å². The summed E-state index contributed by atoms with van der Waals surface area (Å²) in [5.74, 6) is 0.465. The Labute approximate surface area is 82.8 Å². The van der Waals surface area contributed by atoms with Gasteiger partial charge < -0.3 is 9.47 Å². The van der Waals surface area contributed by atoms with E-state index in [-0.39, 0.29) is 29.9 Å². The van der Waals surface area contributed by atoms with E-state index >= 15 is 0 Å². The normalized spacial score (nSPS) is 50.0. The quantitative estimate of drug-likeness (QED) is 0.593. The van der Waals surface area contributed by atoms with Crippen molar-refractivity contribution in [1.82, 2.24) is 4.72 Å². The highest BCUT2D eigenvalue weighted by Crippen LogP contribution is 2.36. The maximum Gasteiger partial charge on any atom is 0.212 e. The molecular formula is C8H13NO4S. The molecule has 3 aliphatic rings. The lowest BCUT2D eigenvalue weighted by molar-refractivity contribution is 0.0389. The molecular weight excluding hydrogens is 206 g/mol. The van der Waals surface area contributed by atoms with Crippen LogP contribution in [0, 0.1) is 5.92 Å². The zero-order valence-corrected chi connectivity index (χ0v) is 8.50. The molecule has 0 aromatic carbocycles. The van der Waals surface area contributed by atoms with Gasteiger partial charge in [0.05, 0.1) is 18.0 Å². The molecule has 1 saturated carbocycles. The Hall–Kier alpha value is -0.170. The molecule has 0 radical (unpaired) electrons. The number of rotatable bonds is 0. The summed E-state index contributed by atoms with van der Waals surface area (Å²) in [4.78, 5) is 0. The Balaban J connectivity index is 1.80. The van der Waals surface area contributed by atoms with Crippen LogP contribution < -0.4 is 4.72 Å². The standard InChI is InChI=1S/C8H13NO4S/c10-14(11)3-5-1-7-8(13-4-12-7)2-6(5)9-14/h5-9H,1-4H2. The van der Waals surface area contributed by atoms with Crippen LogP contribution in [0.5, 0.6) is 0 Å². The van der Waals surface area contributed by atoms with E-state index in [2.05, 4.69) is 4.72 Å². The number of fused-ring (bicyclic) bond motifs is 2. The average molecular weight is 219 g/mol. The molecule has 4 unspecified atom stereocenters. The lowest BCUT2D eigenvalue weighted by Crippen LogP contribution is -2.42. The fourth-order valence-corrected chi connectivity index (χ4v) is 4.44. The van der Waals surface area contributed by atoms with Gasteiger partial charge in [0.25, 0.3) is 0 Å². The monoisotopic (exact) mass is 219 g/mol. The molecule has 3 fully saturated rings. The van der Waals surface area contributed by atoms with Gasteiger partial charge >= 0.3 is 0 Å². The first-order valence-electron chi connectivity index (χ1n) is 4.87. The van der Waals surface area contributed by atoms with Gasteiger partial charge in [-0.15, -0.1) is 0 Å². The van der Waals surface area contributed by atoms with E-state index in [0.29, 0.717) is 6.79 Å². The second-order valence-corrected chi connectivity index (χ2v) is 6.06. The van der Waals surface area contributed by atoms with Gasteiger partial charge in [-0.25, -0.2) is 13.1 Å². The van der Waals surface area contributed by atoms with Crippen molar-refractivity contribution in [2.45, 2.75) is 31.1 Å². The first kappa shape index (κ1) is 9.08. The lowest BCUT2D eigenvalue weighted by atomic mass is 9.83. The third kappa shape index (κ3) is 1.37. The predicted molar refractivity (Wildman–Crippen MR) is 48.0 cm³/mol. The van der Waals surface area contributed by atoms with Crippen LogP contribution in [-0.2, 0) is 19.5 Å². The van der Waals surface area contributed by atoms with Crippen molar-refractivity contribution in [3.05, 3.63) is 0 Å². The van der Waals surface area contributed by atoms with Crippen LogP contribution in [0.4, 0.5) is 0 Å². The number of hydrogen-bond donors (Lipinski definition) is 1. The first-order valence-corrected chi connectivity index (χ1v) is 6.52. The molecule has 4 atom stereocenters. The van der Waals surface area contributed by atoms with E-state index in [0.717, 1.165) is 12.8 Å². The molecule has 5 nitrogen and oxygen atoms in total. The molecule has 6 heteroatoms. The second-order valence-electron chi connectivity index (χ2n) is 4.27. The molecule has 0 aromatic heterocycles. The second kappa shape index (κ2) is 2.91. The van der Waals surface area contributed by atoms with Gasteiger partial charge in [-0.05, 0) is 18.8 Å². The Morgan fingerprint density at radius 3 is 2.64 bits per heavy atom. The van der Waals surface area contributed by atoms with E-state index in [4.69, 9.17) is 9.47 Å².